The number of carboxylic acid groups (broad SMARTS) is 1. The summed E-state index contributed by atoms with van der Waals surface area (Å²) in [5.41, 5.74) is 0. The Morgan fingerprint density at radius 3 is 2.83 bits per heavy atom. The first-order chi connectivity index (χ1) is 11.0. The van der Waals surface area contributed by atoms with Crippen molar-refractivity contribution in [2.24, 2.45) is 11.8 Å². The molecule has 2 unspecified atom stereocenters. The number of piperidine rings is 1. The molecule has 1 aromatic heterocycles. The molecular weight excluding hydrogens is 316 g/mol. The number of hydrogen-bond acceptors (Lipinski definition) is 5. The Labute approximate surface area is 140 Å². The van der Waals surface area contributed by atoms with Crippen LogP contribution in [0.5, 0.6) is 0 Å². The molecule has 0 aromatic carbocycles. The summed E-state index contributed by atoms with van der Waals surface area (Å²) in [5, 5.41) is 21.4. The molecule has 0 saturated carbocycles. The van der Waals surface area contributed by atoms with E-state index in [9.17, 15) is 14.7 Å². The number of likely N-dealkylation sites (tertiary alicyclic amines) is 1. The summed E-state index contributed by atoms with van der Waals surface area (Å²) < 4.78 is 0. The highest BCUT2D eigenvalue weighted by Crippen LogP contribution is 2.23. The Morgan fingerprint density at radius 1 is 1.35 bits per heavy atom. The molecule has 2 N–H and O–H groups in total. The Morgan fingerprint density at radius 2 is 2.13 bits per heavy atom. The van der Waals surface area contributed by atoms with Crippen molar-refractivity contribution in [1.82, 2.24) is 15.1 Å². The third-order valence-corrected chi connectivity index (χ3v) is 4.87. The molecule has 0 radical (unpaired) electrons. The number of aromatic nitrogens is 2. The fourth-order valence-electron chi connectivity index (χ4n) is 2.80. The lowest BCUT2D eigenvalue weighted by atomic mass is 9.91. The highest BCUT2D eigenvalue weighted by atomic mass is 32.1. The largest absolute Gasteiger partial charge is 0.481 e. The predicted molar refractivity (Wildman–Crippen MR) is 88.6 cm³/mol. The van der Waals surface area contributed by atoms with Crippen LogP contribution in [0.25, 0.3) is 0 Å². The molecule has 7 nitrogen and oxygen atoms in total. The number of aliphatic carboxylic acids is 1. The van der Waals surface area contributed by atoms with Gasteiger partial charge in [0.15, 0.2) is 0 Å². The standard InChI is InChI=1S/C15H24N4O3S/c1-3-4-5-6-12-17-18-14(23-12)16-15(22)19-8-10(2)7-11(9-19)13(20)21/h10-11H,3-9H2,1-2H3,(H,20,21)(H,16,18,22). The fourth-order valence-corrected chi connectivity index (χ4v) is 3.57. The summed E-state index contributed by atoms with van der Waals surface area (Å²) >= 11 is 1.39. The molecule has 2 atom stereocenters. The number of nitrogens with zero attached hydrogens (tertiary/aromatic N) is 3. The van der Waals surface area contributed by atoms with Crippen LogP contribution in [-0.2, 0) is 11.2 Å². The van der Waals surface area contributed by atoms with E-state index in [1.807, 2.05) is 6.92 Å². The van der Waals surface area contributed by atoms with Gasteiger partial charge >= 0.3 is 12.0 Å². The first kappa shape index (κ1) is 17.7. The summed E-state index contributed by atoms with van der Waals surface area (Å²) in [5.74, 6) is -1.17. The number of unbranched alkanes of at least 4 members (excludes halogenated alkanes) is 2. The van der Waals surface area contributed by atoms with Crippen LogP contribution in [0.15, 0.2) is 0 Å². The highest BCUT2D eigenvalue weighted by molar-refractivity contribution is 7.15. The van der Waals surface area contributed by atoms with Gasteiger partial charge in [0, 0.05) is 19.5 Å². The van der Waals surface area contributed by atoms with Crippen LogP contribution in [-0.4, -0.2) is 45.3 Å². The summed E-state index contributed by atoms with van der Waals surface area (Å²) in [6.45, 7) is 4.92. The molecule has 8 heteroatoms. The van der Waals surface area contributed by atoms with E-state index in [0.29, 0.717) is 18.1 Å². The van der Waals surface area contributed by atoms with E-state index in [2.05, 4.69) is 22.4 Å². The number of anilines is 1. The minimum Gasteiger partial charge on any atom is -0.481 e. The zero-order valence-corrected chi connectivity index (χ0v) is 14.4. The summed E-state index contributed by atoms with van der Waals surface area (Å²) in [7, 11) is 0. The third-order valence-electron chi connectivity index (χ3n) is 3.97. The fraction of sp³-hybridized carbons (Fsp3) is 0.733. The Bertz CT molecular complexity index is 549. The molecule has 128 valence electrons. The van der Waals surface area contributed by atoms with Crippen molar-refractivity contribution in [1.29, 1.82) is 0 Å². The Hall–Kier alpha value is -1.70. The number of carbonyl (C=O) groups is 2. The number of carboxylic acids is 1. The van der Waals surface area contributed by atoms with E-state index in [1.165, 1.54) is 11.3 Å². The molecule has 1 fully saturated rings. The maximum absolute atomic E-state index is 12.3. The van der Waals surface area contributed by atoms with E-state index in [0.717, 1.165) is 30.7 Å². The van der Waals surface area contributed by atoms with Crippen molar-refractivity contribution in [3.63, 3.8) is 0 Å². The molecule has 0 spiro atoms. The van der Waals surface area contributed by atoms with Crippen molar-refractivity contribution in [2.45, 2.75) is 46.0 Å². The van der Waals surface area contributed by atoms with Gasteiger partial charge in [-0.1, -0.05) is 38.0 Å². The summed E-state index contributed by atoms with van der Waals surface area (Å²) in [4.78, 5) is 25.0. The minimum atomic E-state index is -0.844. The van der Waals surface area contributed by atoms with Gasteiger partial charge in [0.05, 0.1) is 5.92 Å². The number of aryl methyl sites for hydroxylation is 1. The quantitative estimate of drug-likeness (QED) is 0.776. The molecule has 0 aliphatic carbocycles. The van der Waals surface area contributed by atoms with Crippen molar-refractivity contribution in [3.8, 4) is 0 Å². The smallest absolute Gasteiger partial charge is 0.323 e. The van der Waals surface area contributed by atoms with Crippen LogP contribution < -0.4 is 5.32 Å². The maximum atomic E-state index is 12.3. The number of hydrogen-bond donors (Lipinski definition) is 2. The zero-order valence-electron chi connectivity index (χ0n) is 13.6. The van der Waals surface area contributed by atoms with Gasteiger partial charge in [-0.3, -0.25) is 10.1 Å². The van der Waals surface area contributed by atoms with Crippen molar-refractivity contribution in [2.75, 3.05) is 18.4 Å². The number of carbonyl (C=O) groups excluding carboxylic acids is 1. The van der Waals surface area contributed by atoms with Crippen LogP contribution in [0.4, 0.5) is 9.93 Å². The summed E-state index contributed by atoms with van der Waals surface area (Å²) in [6, 6.07) is -0.293. The van der Waals surface area contributed by atoms with Gasteiger partial charge in [-0.25, -0.2) is 4.79 Å². The number of rotatable bonds is 6. The van der Waals surface area contributed by atoms with Crippen LogP contribution in [0.1, 0.15) is 44.5 Å². The van der Waals surface area contributed by atoms with E-state index in [1.54, 1.807) is 4.90 Å². The molecule has 1 aromatic rings. The number of amides is 2. The lowest BCUT2D eigenvalue weighted by Crippen LogP contribution is -2.47. The first-order valence-corrected chi connectivity index (χ1v) is 8.92. The SMILES string of the molecule is CCCCCc1nnc(NC(=O)N2CC(C)CC(C(=O)O)C2)s1. The van der Waals surface area contributed by atoms with Gasteiger partial charge in [0.25, 0.3) is 0 Å². The third kappa shape index (κ3) is 5.16. The van der Waals surface area contributed by atoms with Crippen LogP contribution in [0, 0.1) is 11.8 Å². The second-order valence-electron chi connectivity index (χ2n) is 6.17. The molecule has 0 bridgehead atoms. The maximum Gasteiger partial charge on any atom is 0.323 e. The van der Waals surface area contributed by atoms with E-state index in [4.69, 9.17) is 0 Å². The monoisotopic (exact) mass is 340 g/mol. The molecule has 2 amide bonds. The number of urea groups is 1. The molecular formula is C15H24N4O3S. The van der Waals surface area contributed by atoms with E-state index in [-0.39, 0.29) is 18.5 Å². The molecule has 2 rings (SSSR count). The lowest BCUT2D eigenvalue weighted by Gasteiger charge is -2.34. The minimum absolute atomic E-state index is 0.176. The molecule has 1 saturated heterocycles. The van der Waals surface area contributed by atoms with Gasteiger partial charge in [-0.15, -0.1) is 10.2 Å². The average Bonchev–Trinajstić information content (AvgIpc) is 2.94. The summed E-state index contributed by atoms with van der Waals surface area (Å²) in [6.07, 6.45) is 4.87. The average molecular weight is 340 g/mol. The second-order valence-corrected chi connectivity index (χ2v) is 7.23. The molecule has 23 heavy (non-hydrogen) atoms. The zero-order chi connectivity index (χ0) is 16.8. The predicted octanol–water partition coefficient (Wildman–Crippen LogP) is 2.85. The lowest BCUT2D eigenvalue weighted by molar-refractivity contribution is -0.143. The van der Waals surface area contributed by atoms with Gasteiger partial charge in [-0.05, 0) is 18.8 Å². The number of nitrogens with one attached hydrogen (secondary N) is 1. The van der Waals surface area contributed by atoms with Crippen molar-refractivity contribution in [3.05, 3.63) is 5.01 Å². The molecule has 1 aliphatic heterocycles. The van der Waals surface area contributed by atoms with Gasteiger partial charge in [0.1, 0.15) is 5.01 Å². The van der Waals surface area contributed by atoms with Crippen molar-refractivity contribution >= 4 is 28.5 Å². The Kier molecular flexibility index (Phi) is 6.32. The Balaban J connectivity index is 1.89. The van der Waals surface area contributed by atoms with Crippen LogP contribution >= 0.6 is 11.3 Å². The van der Waals surface area contributed by atoms with E-state index < -0.39 is 11.9 Å². The van der Waals surface area contributed by atoms with Gasteiger partial charge in [0.2, 0.25) is 5.13 Å². The topological polar surface area (TPSA) is 95.4 Å². The van der Waals surface area contributed by atoms with Gasteiger partial charge in [-0.2, -0.15) is 0 Å². The highest BCUT2D eigenvalue weighted by Gasteiger charge is 2.32. The van der Waals surface area contributed by atoms with Crippen molar-refractivity contribution < 1.29 is 14.7 Å². The van der Waals surface area contributed by atoms with Gasteiger partial charge < -0.3 is 10.0 Å². The van der Waals surface area contributed by atoms with E-state index >= 15 is 0 Å². The normalized spacial score (nSPS) is 21.2. The molecule has 2 heterocycles. The first-order valence-electron chi connectivity index (χ1n) is 8.10. The van der Waals surface area contributed by atoms with Crippen LogP contribution in [0.3, 0.4) is 0 Å². The van der Waals surface area contributed by atoms with Crippen LogP contribution in [0.2, 0.25) is 0 Å². The second kappa shape index (κ2) is 8.24. The molecule has 1 aliphatic rings.